The van der Waals surface area contributed by atoms with E-state index in [9.17, 15) is 10.1 Å². The van der Waals surface area contributed by atoms with Gasteiger partial charge in [0.2, 0.25) is 0 Å². The molecule has 4 aromatic carbocycles. The molecule has 36 heavy (non-hydrogen) atoms. The Labute approximate surface area is 218 Å². The third-order valence-corrected chi connectivity index (χ3v) is 6.46. The molecule has 1 aromatic heterocycles. The van der Waals surface area contributed by atoms with Gasteiger partial charge in [-0.3, -0.25) is 15.1 Å². The second kappa shape index (κ2) is 10.2. The summed E-state index contributed by atoms with van der Waals surface area (Å²) in [5, 5.41) is 12.2. The summed E-state index contributed by atoms with van der Waals surface area (Å²) >= 11 is 12.3. The van der Waals surface area contributed by atoms with E-state index in [2.05, 4.69) is 15.6 Å². The molecule has 176 valence electrons. The van der Waals surface area contributed by atoms with Crippen LogP contribution >= 0.6 is 23.2 Å². The molecule has 0 bridgehead atoms. The number of nitrogens with zero attached hydrogens (tertiary/aromatic N) is 3. The predicted molar refractivity (Wildman–Crippen MR) is 147 cm³/mol. The first-order chi connectivity index (χ1) is 17.5. The molecule has 0 N–H and O–H groups in total. The summed E-state index contributed by atoms with van der Waals surface area (Å²) in [5.74, 6) is 0. The van der Waals surface area contributed by atoms with Crippen molar-refractivity contribution in [1.29, 1.82) is 0 Å². The van der Waals surface area contributed by atoms with Crippen LogP contribution in [0.15, 0.2) is 114 Å². The summed E-state index contributed by atoms with van der Waals surface area (Å²) in [6, 6.07) is 33.8. The number of aromatic nitrogens is 1. The van der Waals surface area contributed by atoms with Crippen LogP contribution in [-0.2, 0) is 0 Å². The van der Waals surface area contributed by atoms with E-state index in [-0.39, 0.29) is 5.69 Å². The fraction of sp³-hybridized carbons (Fsp3) is 0. The Morgan fingerprint density at radius 3 is 2.00 bits per heavy atom. The monoisotopic (exact) mass is 511 g/mol. The lowest BCUT2D eigenvalue weighted by molar-refractivity contribution is -0.384. The number of rotatable bonds is 6. The van der Waals surface area contributed by atoms with E-state index >= 15 is 0 Å². The van der Waals surface area contributed by atoms with Crippen molar-refractivity contribution < 1.29 is 4.92 Å². The summed E-state index contributed by atoms with van der Waals surface area (Å²) in [6.07, 6.45) is 1.80. The van der Waals surface area contributed by atoms with Crippen LogP contribution < -0.4 is 0 Å². The minimum Gasteiger partial charge on any atom is -0.309 e. The molecular weight excluding hydrogens is 493 g/mol. The van der Waals surface area contributed by atoms with E-state index in [4.69, 9.17) is 23.2 Å². The fourth-order valence-corrected chi connectivity index (χ4v) is 4.33. The number of nitro benzene ring substituents is 1. The van der Waals surface area contributed by atoms with Crippen LogP contribution in [0.5, 0.6) is 0 Å². The third kappa shape index (κ3) is 4.80. The lowest BCUT2D eigenvalue weighted by Gasteiger charge is -2.15. The van der Waals surface area contributed by atoms with Crippen molar-refractivity contribution >= 4 is 40.8 Å². The van der Waals surface area contributed by atoms with Crippen LogP contribution in [0.3, 0.4) is 0 Å². The number of hydrogen-bond donors (Lipinski definition) is 0. The molecular formula is C29H19Cl2N3O2. The summed E-state index contributed by atoms with van der Waals surface area (Å²) < 4.78 is 2.10. The fourth-order valence-electron chi connectivity index (χ4n) is 4.04. The Morgan fingerprint density at radius 2 is 1.39 bits per heavy atom. The Bertz CT molecular complexity index is 1560. The Morgan fingerprint density at radius 1 is 0.750 bits per heavy atom. The highest BCUT2D eigenvalue weighted by molar-refractivity contribution is 6.42. The van der Waals surface area contributed by atoms with Gasteiger partial charge in [0.25, 0.3) is 5.69 Å². The van der Waals surface area contributed by atoms with Gasteiger partial charge in [-0.25, -0.2) is 0 Å². The minimum atomic E-state index is -0.398. The summed E-state index contributed by atoms with van der Waals surface area (Å²) in [5.41, 5.74) is 6.21. The van der Waals surface area contributed by atoms with Crippen LogP contribution in [-0.4, -0.2) is 15.7 Å². The van der Waals surface area contributed by atoms with Crippen molar-refractivity contribution in [3.05, 3.63) is 135 Å². The molecule has 0 aliphatic rings. The van der Waals surface area contributed by atoms with E-state index in [1.165, 1.54) is 12.1 Å². The molecule has 0 saturated heterocycles. The van der Waals surface area contributed by atoms with Crippen molar-refractivity contribution in [2.24, 2.45) is 4.99 Å². The number of hydrogen-bond acceptors (Lipinski definition) is 3. The van der Waals surface area contributed by atoms with Gasteiger partial charge in [-0.1, -0.05) is 83.9 Å². The van der Waals surface area contributed by atoms with Crippen molar-refractivity contribution in [2.75, 3.05) is 0 Å². The highest BCUT2D eigenvalue weighted by Crippen LogP contribution is 2.36. The van der Waals surface area contributed by atoms with E-state index < -0.39 is 4.92 Å². The molecule has 0 spiro atoms. The van der Waals surface area contributed by atoms with Gasteiger partial charge in [-0.05, 0) is 47.5 Å². The van der Waals surface area contributed by atoms with Crippen molar-refractivity contribution in [3.8, 4) is 28.2 Å². The second-order valence-electron chi connectivity index (χ2n) is 8.03. The molecule has 7 heteroatoms. The lowest BCUT2D eigenvalue weighted by Crippen LogP contribution is -2.01. The minimum absolute atomic E-state index is 0.0369. The number of non-ortho nitro benzene ring substituents is 1. The van der Waals surface area contributed by atoms with Gasteiger partial charge >= 0.3 is 0 Å². The topological polar surface area (TPSA) is 60.4 Å². The van der Waals surface area contributed by atoms with Gasteiger partial charge in [0, 0.05) is 29.6 Å². The maximum atomic E-state index is 11.3. The number of benzene rings is 4. The molecule has 0 aliphatic carbocycles. The third-order valence-electron chi connectivity index (χ3n) is 5.72. The molecule has 0 unspecified atom stereocenters. The number of aliphatic imine (C=N–C) groups is 1. The van der Waals surface area contributed by atoms with Crippen LogP contribution in [0.4, 0.5) is 11.4 Å². The quantitative estimate of drug-likeness (QED) is 0.130. The molecule has 0 aliphatic heterocycles. The van der Waals surface area contributed by atoms with Crippen molar-refractivity contribution in [1.82, 2.24) is 4.57 Å². The maximum absolute atomic E-state index is 11.3. The highest BCUT2D eigenvalue weighted by atomic mass is 35.5. The molecule has 5 aromatic rings. The van der Waals surface area contributed by atoms with Gasteiger partial charge in [-0.15, -0.1) is 0 Å². The van der Waals surface area contributed by atoms with Gasteiger partial charge in [-0.2, -0.15) is 0 Å². The Hall–Kier alpha value is -4.19. The summed E-state index contributed by atoms with van der Waals surface area (Å²) in [4.78, 5) is 15.5. The van der Waals surface area contributed by atoms with Gasteiger partial charge in [0.05, 0.1) is 32.0 Å². The van der Waals surface area contributed by atoms with E-state index in [0.717, 1.165) is 33.8 Å². The molecule has 0 fully saturated rings. The van der Waals surface area contributed by atoms with Crippen LogP contribution in [0.25, 0.3) is 28.2 Å². The largest absolute Gasteiger partial charge is 0.309 e. The van der Waals surface area contributed by atoms with Crippen molar-refractivity contribution in [3.63, 3.8) is 0 Å². The highest BCUT2D eigenvalue weighted by Gasteiger charge is 2.19. The molecule has 5 nitrogen and oxygen atoms in total. The molecule has 1 heterocycles. The van der Waals surface area contributed by atoms with Gasteiger partial charge in [0.15, 0.2) is 0 Å². The van der Waals surface area contributed by atoms with Crippen molar-refractivity contribution in [2.45, 2.75) is 0 Å². The average Bonchev–Trinajstić information content (AvgIpc) is 3.30. The molecule has 0 atom stereocenters. The smallest absolute Gasteiger partial charge is 0.269 e. The Balaban J connectivity index is 1.75. The number of halogens is 2. The number of nitro groups is 1. The molecule has 5 rings (SSSR count). The predicted octanol–water partition coefficient (Wildman–Crippen LogP) is 8.78. The van der Waals surface area contributed by atoms with E-state index in [1.807, 2.05) is 60.7 Å². The van der Waals surface area contributed by atoms with Gasteiger partial charge < -0.3 is 4.57 Å². The van der Waals surface area contributed by atoms with E-state index in [0.29, 0.717) is 15.7 Å². The first-order valence-corrected chi connectivity index (χ1v) is 11.9. The summed E-state index contributed by atoms with van der Waals surface area (Å²) in [7, 11) is 0. The van der Waals surface area contributed by atoms with E-state index in [1.54, 1.807) is 36.5 Å². The average molecular weight is 512 g/mol. The zero-order chi connectivity index (χ0) is 25.1. The maximum Gasteiger partial charge on any atom is 0.269 e. The first-order valence-electron chi connectivity index (χ1n) is 11.1. The zero-order valence-electron chi connectivity index (χ0n) is 18.9. The summed E-state index contributed by atoms with van der Waals surface area (Å²) in [6.45, 7) is 0. The lowest BCUT2D eigenvalue weighted by atomic mass is 10.1. The molecule has 0 radical (unpaired) electrons. The van der Waals surface area contributed by atoms with Crippen LogP contribution in [0.2, 0.25) is 10.0 Å². The van der Waals surface area contributed by atoms with Crippen LogP contribution in [0.1, 0.15) is 5.56 Å². The molecule has 0 saturated carbocycles. The SMILES string of the molecule is O=[N+]([O-])c1ccc(-n2c(-c3ccccc3)cc(C=Nc3ccc(Cl)c(Cl)c3)c2-c2ccccc2)cc1. The first kappa shape index (κ1) is 23.5. The second-order valence-corrected chi connectivity index (χ2v) is 8.85. The normalized spacial score (nSPS) is 11.2. The molecule has 0 amide bonds. The zero-order valence-corrected chi connectivity index (χ0v) is 20.4. The van der Waals surface area contributed by atoms with Crippen LogP contribution in [0, 0.1) is 10.1 Å². The Kier molecular flexibility index (Phi) is 6.67. The van der Waals surface area contributed by atoms with Gasteiger partial charge in [0.1, 0.15) is 0 Å². The standard InChI is InChI=1S/C29H19Cl2N3O2/c30-26-16-11-23(18-27(26)31)32-19-22-17-28(20-7-3-1-4-8-20)33(29(22)21-9-5-2-6-10-21)24-12-14-25(15-13-24)34(35)36/h1-19H.